The van der Waals surface area contributed by atoms with Gasteiger partial charge in [-0.1, -0.05) is 13.8 Å². The lowest BCUT2D eigenvalue weighted by molar-refractivity contribution is 0.0600. The summed E-state index contributed by atoms with van der Waals surface area (Å²) in [6, 6.07) is 4.15. The number of aromatic nitrogens is 2. The van der Waals surface area contributed by atoms with Gasteiger partial charge in [0, 0.05) is 13.1 Å². The van der Waals surface area contributed by atoms with Crippen molar-refractivity contribution in [2.75, 3.05) is 13.7 Å². The number of carbonyl (C=O) groups is 1. The van der Waals surface area contributed by atoms with E-state index in [-0.39, 0.29) is 12.0 Å². The molecule has 0 saturated heterocycles. The molecule has 1 atom stereocenters. The van der Waals surface area contributed by atoms with Gasteiger partial charge in [-0.05, 0) is 30.5 Å². The van der Waals surface area contributed by atoms with Crippen molar-refractivity contribution in [3.63, 3.8) is 0 Å². The van der Waals surface area contributed by atoms with Crippen LogP contribution in [0.25, 0.3) is 11.0 Å². The summed E-state index contributed by atoms with van der Waals surface area (Å²) >= 11 is 0. The van der Waals surface area contributed by atoms with E-state index in [4.69, 9.17) is 9.72 Å². The molecule has 0 saturated carbocycles. The molecule has 21 heavy (non-hydrogen) atoms. The average molecular weight is 287 g/mol. The third kappa shape index (κ3) is 2.21. The number of nitrogens with zero attached hydrogens (tertiary/aromatic N) is 2. The number of esters is 1. The summed E-state index contributed by atoms with van der Waals surface area (Å²) in [6.45, 7) is 8.17. The highest BCUT2D eigenvalue weighted by Gasteiger charge is 2.26. The fraction of sp³-hybridized carbons (Fsp3) is 0.500. The van der Waals surface area contributed by atoms with Gasteiger partial charge in [0.15, 0.2) is 0 Å². The van der Waals surface area contributed by atoms with Gasteiger partial charge in [0.25, 0.3) is 0 Å². The summed E-state index contributed by atoms with van der Waals surface area (Å²) in [7, 11) is 1.41. The van der Waals surface area contributed by atoms with Gasteiger partial charge in [0.1, 0.15) is 5.82 Å². The summed E-state index contributed by atoms with van der Waals surface area (Å²) in [4.78, 5) is 16.6. The molecule has 0 aliphatic carbocycles. The van der Waals surface area contributed by atoms with Crippen molar-refractivity contribution in [2.45, 2.75) is 33.4 Å². The van der Waals surface area contributed by atoms with Crippen LogP contribution >= 0.6 is 0 Å². The van der Waals surface area contributed by atoms with Crippen LogP contribution in [0.1, 0.15) is 41.6 Å². The zero-order chi connectivity index (χ0) is 15.1. The monoisotopic (exact) mass is 287 g/mol. The minimum atomic E-state index is -0.307. The molecule has 0 fully saturated rings. The highest BCUT2D eigenvalue weighted by atomic mass is 16.5. The normalized spacial score (nSPS) is 18.0. The van der Waals surface area contributed by atoms with Crippen molar-refractivity contribution in [3.05, 3.63) is 29.1 Å². The highest BCUT2D eigenvalue weighted by molar-refractivity contribution is 5.95. The van der Waals surface area contributed by atoms with Crippen LogP contribution in [-0.4, -0.2) is 29.2 Å². The zero-order valence-electron chi connectivity index (χ0n) is 12.9. The second-order valence-electron chi connectivity index (χ2n) is 5.94. The van der Waals surface area contributed by atoms with Gasteiger partial charge in [-0.3, -0.25) is 0 Å². The molecule has 1 N–H and O–H groups in total. The molecule has 1 aromatic heterocycles. The number of carbonyl (C=O) groups excluding carboxylic acids is 1. The van der Waals surface area contributed by atoms with Crippen LogP contribution in [0.2, 0.25) is 0 Å². The summed E-state index contributed by atoms with van der Waals surface area (Å²) < 4.78 is 7.11. The summed E-state index contributed by atoms with van der Waals surface area (Å²) in [6.07, 6.45) is 0. The molecule has 1 aliphatic heterocycles. The Bertz CT molecular complexity index is 703. The van der Waals surface area contributed by atoms with Crippen LogP contribution in [0.15, 0.2) is 12.1 Å². The van der Waals surface area contributed by atoms with Crippen LogP contribution in [0.3, 0.4) is 0 Å². The number of imidazole rings is 1. The third-order valence-corrected chi connectivity index (χ3v) is 4.17. The summed E-state index contributed by atoms with van der Waals surface area (Å²) in [5, 5.41) is 3.52. The standard InChI is InChI=1S/C16H21N3O2/c1-9(2)14-15-18-12-8-11(16(20)21-4)10(3)7-13(12)19(15)6-5-17-14/h7-9,14,17H,5-6H2,1-4H3/t14-/m1/s1. The lowest BCUT2D eigenvalue weighted by Crippen LogP contribution is -2.36. The van der Waals surface area contributed by atoms with Crippen LogP contribution in [0.5, 0.6) is 0 Å². The van der Waals surface area contributed by atoms with Crippen LogP contribution in [0, 0.1) is 12.8 Å². The van der Waals surface area contributed by atoms with Crippen molar-refractivity contribution in [3.8, 4) is 0 Å². The van der Waals surface area contributed by atoms with E-state index in [1.807, 2.05) is 19.1 Å². The van der Waals surface area contributed by atoms with Crippen LogP contribution < -0.4 is 5.32 Å². The Hall–Kier alpha value is -1.88. The number of fused-ring (bicyclic) bond motifs is 3. The molecule has 0 bridgehead atoms. The second-order valence-corrected chi connectivity index (χ2v) is 5.94. The molecular formula is C16H21N3O2. The molecule has 112 valence electrons. The maximum atomic E-state index is 11.8. The molecule has 3 rings (SSSR count). The Labute approximate surface area is 124 Å². The molecule has 5 heteroatoms. The van der Waals surface area contributed by atoms with E-state index < -0.39 is 0 Å². The molecule has 0 unspecified atom stereocenters. The fourth-order valence-corrected chi connectivity index (χ4v) is 3.05. The van der Waals surface area contributed by atoms with Crippen molar-refractivity contribution >= 4 is 17.0 Å². The van der Waals surface area contributed by atoms with E-state index in [0.29, 0.717) is 11.5 Å². The predicted octanol–water partition coefficient (Wildman–Crippen LogP) is 2.43. The summed E-state index contributed by atoms with van der Waals surface area (Å²) in [5.41, 5.74) is 3.49. The minimum absolute atomic E-state index is 0.257. The third-order valence-electron chi connectivity index (χ3n) is 4.17. The number of methoxy groups -OCH3 is 1. The second kappa shape index (κ2) is 5.15. The first-order valence-corrected chi connectivity index (χ1v) is 7.35. The van der Waals surface area contributed by atoms with Crippen molar-refractivity contribution in [1.82, 2.24) is 14.9 Å². The zero-order valence-corrected chi connectivity index (χ0v) is 12.9. The average Bonchev–Trinajstić information content (AvgIpc) is 2.83. The van der Waals surface area contributed by atoms with Crippen molar-refractivity contribution < 1.29 is 9.53 Å². The molecule has 5 nitrogen and oxygen atoms in total. The van der Waals surface area contributed by atoms with E-state index >= 15 is 0 Å². The number of aryl methyl sites for hydroxylation is 1. The van der Waals surface area contributed by atoms with E-state index in [1.54, 1.807) is 0 Å². The number of benzene rings is 1. The number of nitrogens with one attached hydrogen (secondary N) is 1. The largest absolute Gasteiger partial charge is 0.465 e. The minimum Gasteiger partial charge on any atom is -0.465 e. The molecule has 1 aliphatic rings. The smallest absolute Gasteiger partial charge is 0.338 e. The Morgan fingerprint density at radius 1 is 1.48 bits per heavy atom. The Morgan fingerprint density at radius 2 is 2.24 bits per heavy atom. The maximum Gasteiger partial charge on any atom is 0.338 e. The molecule has 0 amide bonds. The molecule has 2 heterocycles. The quantitative estimate of drug-likeness (QED) is 0.862. The number of ether oxygens (including phenoxy) is 1. The van der Waals surface area contributed by atoms with Gasteiger partial charge in [0.2, 0.25) is 0 Å². The Kier molecular flexibility index (Phi) is 3.45. The molecule has 1 aromatic carbocycles. The van der Waals surface area contributed by atoms with E-state index in [0.717, 1.165) is 35.5 Å². The Morgan fingerprint density at radius 3 is 2.90 bits per heavy atom. The SMILES string of the molecule is COC(=O)c1cc2nc3n(c2cc1C)CCN[C@@H]3C(C)C. The van der Waals surface area contributed by atoms with Gasteiger partial charge in [-0.25, -0.2) is 9.78 Å². The van der Waals surface area contributed by atoms with Gasteiger partial charge in [-0.2, -0.15) is 0 Å². The topological polar surface area (TPSA) is 56.1 Å². The van der Waals surface area contributed by atoms with Gasteiger partial charge >= 0.3 is 5.97 Å². The lowest BCUT2D eigenvalue weighted by atomic mass is 10.0. The molecule has 2 aromatic rings. The molecule has 0 spiro atoms. The van der Waals surface area contributed by atoms with Crippen LogP contribution in [0.4, 0.5) is 0 Å². The van der Waals surface area contributed by atoms with E-state index in [1.165, 1.54) is 7.11 Å². The number of hydrogen-bond acceptors (Lipinski definition) is 4. The number of rotatable bonds is 2. The first kappa shape index (κ1) is 14.1. The first-order chi connectivity index (χ1) is 10.0. The van der Waals surface area contributed by atoms with E-state index in [9.17, 15) is 4.79 Å². The highest BCUT2D eigenvalue weighted by Crippen LogP contribution is 2.29. The summed E-state index contributed by atoms with van der Waals surface area (Å²) in [5.74, 6) is 1.23. The van der Waals surface area contributed by atoms with Crippen LogP contribution in [-0.2, 0) is 11.3 Å². The first-order valence-electron chi connectivity index (χ1n) is 7.35. The van der Waals surface area contributed by atoms with Gasteiger partial charge in [0.05, 0.1) is 29.7 Å². The lowest BCUT2D eigenvalue weighted by Gasteiger charge is -2.28. The van der Waals surface area contributed by atoms with E-state index in [2.05, 4.69) is 23.7 Å². The Balaban J connectivity index is 2.19. The van der Waals surface area contributed by atoms with Crippen molar-refractivity contribution in [2.24, 2.45) is 5.92 Å². The maximum absolute atomic E-state index is 11.8. The predicted molar refractivity (Wildman–Crippen MR) is 81.4 cm³/mol. The van der Waals surface area contributed by atoms with Gasteiger partial charge < -0.3 is 14.6 Å². The van der Waals surface area contributed by atoms with Crippen molar-refractivity contribution in [1.29, 1.82) is 0 Å². The molecule has 0 radical (unpaired) electrons. The fourth-order valence-electron chi connectivity index (χ4n) is 3.05. The molecular weight excluding hydrogens is 266 g/mol. The van der Waals surface area contributed by atoms with Gasteiger partial charge in [-0.15, -0.1) is 0 Å². The number of hydrogen-bond donors (Lipinski definition) is 1.